The fourth-order valence-electron chi connectivity index (χ4n) is 2.85. The van der Waals surface area contributed by atoms with E-state index in [-0.39, 0.29) is 12.1 Å². The van der Waals surface area contributed by atoms with Crippen LogP contribution in [0.15, 0.2) is 16.5 Å². The highest BCUT2D eigenvalue weighted by molar-refractivity contribution is 5.46. The number of hydrogen-bond donors (Lipinski definition) is 0. The van der Waals surface area contributed by atoms with Crippen LogP contribution in [0.25, 0.3) is 0 Å². The van der Waals surface area contributed by atoms with Gasteiger partial charge in [-0.1, -0.05) is 18.1 Å². The van der Waals surface area contributed by atoms with Gasteiger partial charge >= 0.3 is 0 Å². The lowest BCUT2D eigenvalue weighted by Crippen LogP contribution is -2.31. The van der Waals surface area contributed by atoms with Crippen LogP contribution < -0.4 is 0 Å². The average Bonchev–Trinajstić information content (AvgIpc) is 3.06. The van der Waals surface area contributed by atoms with Gasteiger partial charge in [-0.2, -0.15) is 10.4 Å². The van der Waals surface area contributed by atoms with E-state index in [1.807, 2.05) is 9.69 Å². The van der Waals surface area contributed by atoms with E-state index >= 15 is 0 Å². The van der Waals surface area contributed by atoms with E-state index in [9.17, 15) is 5.26 Å². The van der Waals surface area contributed by atoms with Crippen LogP contribution in [-0.2, 0) is 0 Å². The fraction of sp³-hybridized carbons (Fsp3) is 0.733. The van der Waals surface area contributed by atoms with Crippen molar-refractivity contribution >= 4 is 5.82 Å². The Hall–Kier alpha value is -1.90. The monoisotopic (exact) mass is 288 g/mol. The average molecular weight is 288 g/mol. The molecule has 1 heterocycles. The molecule has 0 atom stereocenters. The van der Waals surface area contributed by atoms with Crippen molar-refractivity contribution in [2.75, 3.05) is 0 Å². The van der Waals surface area contributed by atoms with Crippen LogP contribution >= 0.6 is 0 Å². The maximum atomic E-state index is 9.24. The van der Waals surface area contributed by atoms with Crippen molar-refractivity contribution < 1.29 is 0 Å². The van der Waals surface area contributed by atoms with E-state index in [1.165, 1.54) is 12.8 Å². The van der Waals surface area contributed by atoms with Gasteiger partial charge in [-0.05, 0) is 40.5 Å². The molecule has 21 heavy (non-hydrogen) atoms. The topological polar surface area (TPSA) is 69.6 Å². The summed E-state index contributed by atoms with van der Waals surface area (Å²) < 4.78 is 1.88. The normalized spacial score (nSPS) is 16.2. The van der Waals surface area contributed by atoms with Gasteiger partial charge in [-0.3, -0.25) is 5.01 Å². The van der Waals surface area contributed by atoms with E-state index in [1.54, 1.807) is 6.20 Å². The second-order valence-corrected chi connectivity index (χ2v) is 6.13. The molecule has 0 amide bonds. The molecule has 0 spiro atoms. The molecular formula is C15H24N6. The summed E-state index contributed by atoms with van der Waals surface area (Å²) in [5.41, 5.74) is 0.498. The Morgan fingerprint density at radius 2 is 1.90 bits per heavy atom. The van der Waals surface area contributed by atoms with Crippen LogP contribution in [-0.4, -0.2) is 26.9 Å². The van der Waals surface area contributed by atoms with Crippen LogP contribution in [0.3, 0.4) is 0 Å². The van der Waals surface area contributed by atoms with Crippen LogP contribution in [0.1, 0.15) is 65.0 Å². The molecule has 1 aliphatic carbocycles. The maximum Gasteiger partial charge on any atom is 0.193 e. The summed E-state index contributed by atoms with van der Waals surface area (Å²) in [6, 6.07) is 3.05. The number of rotatable bonds is 5. The van der Waals surface area contributed by atoms with Gasteiger partial charge in [0.1, 0.15) is 11.6 Å². The molecule has 1 aromatic rings. The Balaban J connectivity index is 2.29. The van der Waals surface area contributed by atoms with E-state index in [4.69, 9.17) is 0 Å². The maximum absolute atomic E-state index is 9.24. The van der Waals surface area contributed by atoms with Gasteiger partial charge in [0.25, 0.3) is 0 Å². The number of nitriles is 1. The Bertz CT molecular complexity index is 523. The van der Waals surface area contributed by atoms with E-state index in [0.717, 1.165) is 12.8 Å². The van der Waals surface area contributed by atoms with Gasteiger partial charge in [0, 0.05) is 12.1 Å². The van der Waals surface area contributed by atoms with Gasteiger partial charge in [-0.15, -0.1) is 5.11 Å². The number of aromatic nitrogens is 2. The Kier molecular flexibility index (Phi) is 4.94. The Morgan fingerprint density at radius 3 is 2.43 bits per heavy atom. The molecule has 114 valence electrons. The van der Waals surface area contributed by atoms with Gasteiger partial charge in [0.05, 0.1) is 12.2 Å². The van der Waals surface area contributed by atoms with Crippen molar-refractivity contribution in [3.05, 3.63) is 11.8 Å². The lowest BCUT2D eigenvalue weighted by atomic mass is 10.2. The highest BCUT2D eigenvalue weighted by atomic mass is 15.6. The summed E-state index contributed by atoms with van der Waals surface area (Å²) in [4.78, 5) is 0. The van der Waals surface area contributed by atoms with Crippen molar-refractivity contribution in [1.29, 1.82) is 5.26 Å². The molecule has 0 aromatic carbocycles. The minimum absolute atomic E-state index is 0.266. The molecule has 6 heteroatoms. The molecule has 0 unspecified atom stereocenters. The zero-order valence-corrected chi connectivity index (χ0v) is 13.3. The van der Waals surface area contributed by atoms with E-state index in [2.05, 4.69) is 49.2 Å². The zero-order valence-electron chi connectivity index (χ0n) is 13.3. The van der Waals surface area contributed by atoms with Crippen molar-refractivity contribution in [3.8, 4) is 6.07 Å². The zero-order chi connectivity index (χ0) is 15.4. The molecule has 0 radical (unpaired) electrons. The first kappa shape index (κ1) is 15.5. The summed E-state index contributed by atoms with van der Waals surface area (Å²) in [6.07, 6.45) is 6.24. The van der Waals surface area contributed by atoms with Crippen molar-refractivity contribution in [2.45, 2.75) is 71.5 Å². The van der Waals surface area contributed by atoms with Crippen molar-refractivity contribution in [1.82, 2.24) is 14.8 Å². The Morgan fingerprint density at radius 1 is 1.29 bits per heavy atom. The minimum atomic E-state index is 0.266. The molecule has 0 N–H and O–H groups in total. The first-order valence-corrected chi connectivity index (χ1v) is 7.72. The molecule has 1 aromatic heterocycles. The first-order valence-electron chi connectivity index (χ1n) is 7.72. The summed E-state index contributed by atoms with van der Waals surface area (Å²) in [5, 5.41) is 24.2. The van der Waals surface area contributed by atoms with Crippen LogP contribution in [0, 0.1) is 11.3 Å². The van der Waals surface area contributed by atoms with E-state index < -0.39 is 0 Å². The Labute approximate surface area is 126 Å². The third kappa shape index (κ3) is 3.41. The number of hydrogen-bond acceptors (Lipinski definition) is 4. The molecule has 0 saturated heterocycles. The predicted molar refractivity (Wildman–Crippen MR) is 81.1 cm³/mol. The van der Waals surface area contributed by atoms with Crippen LogP contribution in [0.2, 0.25) is 0 Å². The molecule has 6 nitrogen and oxygen atoms in total. The third-order valence-corrected chi connectivity index (χ3v) is 3.86. The van der Waals surface area contributed by atoms with Gasteiger partial charge < -0.3 is 0 Å². The largest absolute Gasteiger partial charge is 0.273 e. The molecule has 2 rings (SSSR count). The molecule has 0 aliphatic heterocycles. The van der Waals surface area contributed by atoms with Gasteiger partial charge in [-0.25, -0.2) is 4.68 Å². The standard InChI is InChI=1S/C15H24N6/c1-11(2)20(12(3)4)19-18-15-13(9-16)10-17-21(15)14-7-5-6-8-14/h10-12,14H,5-8H2,1-4H3/b19-18+. The molecular weight excluding hydrogens is 264 g/mol. The highest BCUT2D eigenvalue weighted by Gasteiger charge is 2.22. The molecule has 1 aliphatic rings. The summed E-state index contributed by atoms with van der Waals surface area (Å²) in [6.45, 7) is 8.33. The first-order chi connectivity index (χ1) is 10.0. The van der Waals surface area contributed by atoms with Gasteiger partial charge in [0.2, 0.25) is 0 Å². The quantitative estimate of drug-likeness (QED) is 0.607. The smallest absolute Gasteiger partial charge is 0.193 e. The predicted octanol–water partition coefficient (Wildman–Crippen LogP) is 3.99. The fourth-order valence-corrected chi connectivity index (χ4v) is 2.85. The third-order valence-electron chi connectivity index (χ3n) is 3.86. The minimum Gasteiger partial charge on any atom is -0.273 e. The van der Waals surface area contributed by atoms with Crippen LogP contribution in [0.5, 0.6) is 0 Å². The summed E-state index contributed by atoms with van der Waals surface area (Å²) in [5.74, 6) is 0.593. The summed E-state index contributed by atoms with van der Waals surface area (Å²) in [7, 11) is 0. The molecule has 0 bridgehead atoms. The van der Waals surface area contributed by atoms with E-state index in [0.29, 0.717) is 17.4 Å². The second kappa shape index (κ2) is 6.70. The second-order valence-electron chi connectivity index (χ2n) is 6.13. The lowest BCUT2D eigenvalue weighted by Gasteiger charge is -2.25. The highest BCUT2D eigenvalue weighted by Crippen LogP contribution is 2.33. The molecule has 1 saturated carbocycles. The van der Waals surface area contributed by atoms with Crippen molar-refractivity contribution in [3.63, 3.8) is 0 Å². The van der Waals surface area contributed by atoms with Gasteiger partial charge in [0.15, 0.2) is 5.82 Å². The molecule has 1 fully saturated rings. The summed E-state index contributed by atoms with van der Waals surface area (Å²) >= 11 is 0. The SMILES string of the molecule is CC(C)N(/N=N/c1c(C#N)cnn1C1CCCC1)C(C)C. The lowest BCUT2D eigenvalue weighted by molar-refractivity contribution is 0.169. The van der Waals surface area contributed by atoms with Crippen LogP contribution in [0.4, 0.5) is 5.82 Å². The number of nitrogens with zero attached hydrogens (tertiary/aromatic N) is 6. The van der Waals surface area contributed by atoms with Crippen molar-refractivity contribution in [2.24, 2.45) is 10.3 Å².